The number of hydrogen-bond acceptors (Lipinski definition) is 3. The molecule has 3 aromatic rings. The molecule has 3 rings (SSSR count). The highest BCUT2D eigenvalue weighted by atomic mass is 79.9. The van der Waals surface area contributed by atoms with Gasteiger partial charge in [-0.3, -0.25) is 0 Å². The Labute approximate surface area is 141 Å². The molecule has 0 aliphatic rings. The van der Waals surface area contributed by atoms with Crippen molar-refractivity contribution in [1.82, 2.24) is 0 Å². The molecule has 0 unspecified atom stereocenters. The maximum absolute atomic E-state index is 8.84. The molecule has 0 atom stereocenters. The Bertz CT molecular complexity index is 851. The fourth-order valence-corrected chi connectivity index (χ4v) is 2.94. The predicted octanol–water partition coefficient (Wildman–Crippen LogP) is 6.37. The molecule has 0 aliphatic heterocycles. The average molecular weight is 372 g/mol. The Balaban J connectivity index is 2.23. The fourth-order valence-electron chi connectivity index (χ4n) is 2.56. The lowest BCUT2D eigenvalue weighted by molar-refractivity contribution is 0.428. The number of benzene rings is 1. The maximum atomic E-state index is 8.84. The van der Waals surface area contributed by atoms with Crippen LogP contribution in [0.15, 0.2) is 60.9 Å². The molecular weight excluding hydrogens is 358 g/mol. The molecular formula is C17H14BrN3O2. The van der Waals surface area contributed by atoms with Gasteiger partial charge in [-0.25, -0.2) is 0 Å². The number of azide groups is 1. The molecule has 0 fully saturated rings. The smallest absolute Gasteiger partial charge is 0.119 e. The van der Waals surface area contributed by atoms with Gasteiger partial charge in [0, 0.05) is 15.1 Å². The van der Waals surface area contributed by atoms with Gasteiger partial charge in [0.2, 0.25) is 0 Å². The quantitative estimate of drug-likeness (QED) is 0.303. The van der Waals surface area contributed by atoms with Crippen LogP contribution in [0.1, 0.15) is 34.5 Å². The maximum Gasteiger partial charge on any atom is 0.119 e. The lowest BCUT2D eigenvalue weighted by atomic mass is 9.92. The first-order valence-electron chi connectivity index (χ1n) is 7.05. The molecule has 0 radical (unpaired) electrons. The van der Waals surface area contributed by atoms with Crippen molar-refractivity contribution in [1.29, 1.82) is 0 Å². The van der Waals surface area contributed by atoms with E-state index in [1.807, 2.05) is 50.2 Å². The summed E-state index contributed by atoms with van der Waals surface area (Å²) in [5.41, 5.74) is 10.2. The van der Waals surface area contributed by atoms with Crippen LogP contribution in [0.25, 0.3) is 10.4 Å². The highest BCUT2D eigenvalue weighted by molar-refractivity contribution is 9.10. The molecule has 0 saturated carbocycles. The zero-order valence-electron chi connectivity index (χ0n) is 12.7. The van der Waals surface area contributed by atoms with Crippen molar-refractivity contribution in [3.05, 3.63) is 86.0 Å². The molecule has 0 spiro atoms. The Morgan fingerprint density at radius 3 is 2.09 bits per heavy atom. The number of furan rings is 2. The van der Waals surface area contributed by atoms with E-state index in [2.05, 4.69) is 26.0 Å². The topological polar surface area (TPSA) is 75.0 Å². The summed E-state index contributed by atoms with van der Waals surface area (Å²) >= 11 is 3.48. The van der Waals surface area contributed by atoms with Gasteiger partial charge in [0.05, 0.1) is 0 Å². The van der Waals surface area contributed by atoms with E-state index in [0.717, 1.165) is 33.1 Å². The molecule has 5 nitrogen and oxygen atoms in total. The van der Waals surface area contributed by atoms with Crippen molar-refractivity contribution < 1.29 is 8.83 Å². The highest BCUT2D eigenvalue weighted by Gasteiger charge is 2.25. The third-order valence-electron chi connectivity index (χ3n) is 3.54. The predicted molar refractivity (Wildman–Crippen MR) is 90.8 cm³/mol. The summed E-state index contributed by atoms with van der Waals surface area (Å²) in [7, 11) is 0. The Kier molecular flexibility index (Phi) is 4.28. The van der Waals surface area contributed by atoms with Gasteiger partial charge in [-0.05, 0) is 61.3 Å². The van der Waals surface area contributed by atoms with Gasteiger partial charge in [0.25, 0.3) is 0 Å². The van der Waals surface area contributed by atoms with Gasteiger partial charge in [0.15, 0.2) is 0 Å². The zero-order chi connectivity index (χ0) is 16.4. The number of rotatable bonds is 4. The van der Waals surface area contributed by atoms with Gasteiger partial charge >= 0.3 is 0 Å². The van der Waals surface area contributed by atoms with E-state index in [1.165, 1.54) is 0 Å². The van der Waals surface area contributed by atoms with Crippen LogP contribution in [-0.4, -0.2) is 0 Å². The molecule has 23 heavy (non-hydrogen) atoms. The summed E-state index contributed by atoms with van der Waals surface area (Å²) < 4.78 is 12.5. The molecule has 0 amide bonds. The highest BCUT2D eigenvalue weighted by Crippen LogP contribution is 2.40. The minimum Gasteiger partial charge on any atom is -0.465 e. The second-order valence-corrected chi connectivity index (χ2v) is 6.14. The summed E-state index contributed by atoms with van der Waals surface area (Å²) in [5.74, 6) is 2.83. The van der Waals surface area contributed by atoms with Crippen molar-refractivity contribution in [2.45, 2.75) is 19.8 Å². The molecule has 6 heteroatoms. The van der Waals surface area contributed by atoms with E-state index in [4.69, 9.17) is 14.4 Å². The van der Waals surface area contributed by atoms with Crippen molar-refractivity contribution in [2.24, 2.45) is 5.11 Å². The number of nitrogens with zero attached hydrogens (tertiary/aromatic N) is 3. The number of aryl methyl sites for hydroxylation is 2. The summed E-state index contributed by atoms with van der Waals surface area (Å²) in [6, 6.07) is 13.2. The fraction of sp³-hybridized carbons (Fsp3) is 0.176. The standard InChI is InChI=1S/C17H14BrN3O2/c1-10-3-7-15(22-10)17(16-8-4-11(2)23-16)13-9-12(18)5-6-14(13)20-21-19/h3-9,17H,1-2H3. The van der Waals surface area contributed by atoms with Crippen LogP contribution in [0, 0.1) is 13.8 Å². The van der Waals surface area contributed by atoms with E-state index in [-0.39, 0.29) is 5.92 Å². The second-order valence-electron chi connectivity index (χ2n) is 5.22. The largest absolute Gasteiger partial charge is 0.465 e. The average Bonchev–Trinajstić information content (AvgIpc) is 3.12. The van der Waals surface area contributed by atoms with Gasteiger partial charge in [-0.15, -0.1) is 0 Å². The van der Waals surface area contributed by atoms with Crippen LogP contribution in [0.4, 0.5) is 5.69 Å². The molecule has 0 aliphatic carbocycles. The molecule has 2 heterocycles. The lowest BCUT2D eigenvalue weighted by Crippen LogP contribution is -2.01. The van der Waals surface area contributed by atoms with Crippen molar-refractivity contribution in [3.63, 3.8) is 0 Å². The Hall–Kier alpha value is -2.43. The van der Waals surface area contributed by atoms with Crippen LogP contribution in [0.2, 0.25) is 0 Å². The summed E-state index contributed by atoms with van der Waals surface area (Å²) in [4.78, 5) is 2.92. The Morgan fingerprint density at radius 2 is 1.61 bits per heavy atom. The van der Waals surface area contributed by atoms with Crippen molar-refractivity contribution in [3.8, 4) is 0 Å². The molecule has 116 valence electrons. The van der Waals surface area contributed by atoms with E-state index < -0.39 is 0 Å². The minimum absolute atomic E-state index is 0.282. The van der Waals surface area contributed by atoms with Gasteiger partial charge in [-0.1, -0.05) is 27.1 Å². The molecule has 0 N–H and O–H groups in total. The molecule has 0 saturated heterocycles. The van der Waals surface area contributed by atoms with Crippen LogP contribution in [-0.2, 0) is 0 Å². The van der Waals surface area contributed by atoms with Crippen molar-refractivity contribution >= 4 is 21.6 Å². The monoisotopic (exact) mass is 371 g/mol. The normalized spacial score (nSPS) is 10.8. The van der Waals surface area contributed by atoms with Gasteiger partial charge in [0.1, 0.15) is 29.0 Å². The lowest BCUT2D eigenvalue weighted by Gasteiger charge is -2.16. The third-order valence-corrected chi connectivity index (χ3v) is 4.04. The van der Waals surface area contributed by atoms with E-state index in [1.54, 1.807) is 6.07 Å². The first kappa shape index (κ1) is 15.5. The Morgan fingerprint density at radius 1 is 1.00 bits per heavy atom. The SMILES string of the molecule is Cc1ccc(C(c2ccc(C)o2)c2cc(Br)ccc2N=[N+]=[N-])o1. The van der Waals surface area contributed by atoms with Gasteiger partial charge < -0.3 is 8.83 Å². The van der Waals surface area contributed by atoms with E-state index >= 15 is 0 Å². The first-order chi connectivity index (χ1) is 11.1. The number of hydrogen-bond donors (Lipinski definition) is 0. The molecule has 0 bridgehead atoms. The summed E-state index contributed by atoms with van der Waals surface area (Å²) in [6.45, 7) is 3.78. The van der Waals surface area contributed by atoms with Crippen LogP contribution in [0.3, 0.4) is 0 Å². The first-order valence-corrected chi connectivity index (χ1v) is 7.85. The zero-order valence-corrected chi connectivity index (χ0v) is 14.2. The third kappa shape index (κ3) is 3.18. The van der Waals surface area contributed by atoms with E-state index in [9.17, 15) is 0 Å². The van der Waals surface area contributed by atoms with Crippen LogP contribution in [0.5, 0.6) is 0 Å². The van der Waals surface area contributed by atoms with Crippen LogP contribution < -0.4 is 0 Å². The van der Waals surface area contributed by atoms with Crippen LogP contribution >= 0.6 is 15.9 Å². The number of halogens is 1. The second kappa shape index (κ2) is 6.36. The summed E-state index contributed by atoms with van der Waals surface area (Å²) in [6.07, 6.45) is 0. The summed E-state index contributed by atoms with van der Waals surface area (Å²) in [5, 5.41) is 3.81. The van der Waals surface area contributed by atoms with Crippen molar-refractivity contribution in [2.75, 3.05) is 0 Å². The van der Waals surface area contributed by atoms with Gasteiger partial charge in [-0.2, -0.15) is 0 Å². The molecule has 1 aromatic carbocycles. The van der Waals surface area contributed by atoms with E-state index in [0.29, 0.717) is 5.69 Å². The molecule has 2 aromatic heterocycles. The minimum atomic E-state index is -0.282.